The molecule has 6 heteroatoms. The highest BCUT2D eigenvalue weighted by atomic mass is 32.2. The summed E-state index contributed by atoms with van der Waals surface area (Å²) in [5.41, 5.74) is 1.52. The lowest BCUT2D eigenvalue weighted by molar-refractivity contribution is -0.131. The van der Waals surface area contributed by atoms with E-state index in [0.717, 1.165) is 23.5 Å². The first-order chi connectivity index (χ1) is 8.29. The molecule has 0 aliphatic heterocycles. The number of carboxylic acid groups (broad SMARTS) is 1. The molecule has 1 N–H and O–H groups in total. The van der Waals surface area contributed by atoms with E-state index in [2.05, 4.69) is 0 Å². The fraction of sp³-hybridized carbons (Fsp3) is 0.250. The molecule has 0 unspecified atom stereocenters. The number of benzene rings is 1. The Morgan fingerprint density at radius 3 is 2.67 bits per heavy atom. The molecule has 0 saturated carbocycles. The first kappa shape index (κ1) is 14.4. The number of rotatable bonds is 5. The van der Waals surface area contributed by atoms with Crippen LogP contribution in [0.5, 0.6) is 0 Å². The van der Waals surface area contributed by atoms with Crippen molar-refractivity contribution in [2.75, 3.05) is 13.3 Å². The van der Waals surface area contributed by atoms with Gasteiger partial charge >= 0.3 is 5.97 Å². The van der Waals surface area contributed by atoms with Crippen LogP contribution in [0.2, 0.25) is 0 Å². The van der Waals surface area contributed by atoms with Crippen molar-refractivity contribution in [3.8, 4) is 0 Å². The molecule has 0 aromatic heterocycles. The number of hydrogen-bond donors (Lipinski definition) is 1. The van der Waals surface area contributed by atoms with Crippen LogP contribution >= 0.6 is 0 Å². The van der Waals surface area contributed by atoms with Crippen molar-refractivity contribution in [2.24, 2.45) is 0 Å². The summed E-state index contributed by atoms with van der Waals surface area (Å²) < 4.78 is 23.8. The molecule has 0 amide bonds. The summed E-state index contributed by atoms with van der Waals surface area (Å²) in [6, 6.07) is 7.05. The molecule has 98 valence electrons. The van der Waals surface area contributed by atoms with Crippen LogP contribution in [0.4, 0.5) is 0 Å². The van der Waals surface area contributed by atoms with E-state index in [0.29, 0.717) is 0 Å². The molecular weight excluding hydrogens is 254 g/mol. The number of nitrogens with zero attached hydrogens (tertiary/aromatic N) is 1. The minimum atomic E-state index is -3.22. The van der Waals surface area contributed by atoms with Gasteiger partial charge in [0.1, 0.15) is 0 Å². The molecule has 0 fully saturated rings. The molecule has 1 aromatic rings. The second kappa shape index (κ2) is 5.79. The Balaban J connectivity index is 2.86. The topological polar surface area (TPSA) is 74.7 Å². The van der Waals surface area contributed by atoms with E-state index in [1.165, 1.54) is 17.4 Å². The van der Waals surface area contributed by atoms with E-state index >= 15 is 0 Å². The second-order valence-electron chi connectivity index (χ2n) is 3.94. The van der Waals surface area contributed by atoms with Gasteiger partial charge in [-0.1, -0.05) is 24.3 Å². The standard InChI is InChI=1S/C12H15NO4S/c1-13(18(2,16)17)9-11-5-3-4-10(8-11)6-7-12(14)15/h3-8H,9H2,1-2H3,(H,14,15)/b7-6+. The van der Waals surface area contributed by atoms with Gasteiger partial charge in [-0.15, -0.1) is 0 Å². The van der Waals surface area contributed by atoms with Gasteiger partial charge in [0, 0.05) is 19.7 Å². The summed E-state index contributed by atoms with van der Waals surface area (Å²) in [5.74, 6) is -1.02. The Labute approximate surface area is 106 Å². The Morgan fingerprint density at radius 2 is 2.11 bits per heavy atom. The van der Waals surface area contributed by atoms with Gasteiger partial charge in [0.05, 0.1) is 6.26 Å². The number of aliphatic carboxylic acids is 1. The maximum Gasteiger partial charge on any atom is 0.328 e. The zero-order chi connectivity index (χ0) is 13.8. The van der Waals surface area contributed by atoms with Gasteiger partial charge in [-0.2, -0.15) is 0 Å². The molecule has 1 rings (SSSR count). The van der Waals surface area contributed by atoms with E-state index < -0.39 is 16.0 Å². The van der Waals surface area contributed by atoms with Crippen LogP contribution in [0.15, 0.2) is 30.3 Å². The highest BCUT2D eigenvalue weighted by molar-refractivity contribution is 7.88. The number of carboxylic acids is 1. The molecule has 0 saturated heterocycles. The van der Waals surface area contributed by atoms with Crippen molar-refractivity contribution in [1.29, 1.82) is 0 Å². The second-order valence-corrected chi connectivity index (χ2v) is 6.03. The van der Waals surface area contributed by atoms with Gasteiger partial charge in [-0.3, -0.25) is 0 Å². The van der Waals surface area contributed by atoms with Crippen LogP contribution in [0.3, 0.4) is 0 Å². The van der Waals surface area contributed by atoms with Crippen molar-refractivity contribution >= 4 is 22.1 Å². The van der Waals surface area contributed by atoms with Gasteiger partial charge in [-0.25, -0.2) is 17.5 Å². The van der Waals surface area contributed by atoms with E-state index in [-0.39, 0.29) is 6.54 Å². The molecule has 5 nitrogen and oxygen atoms in total. The van der Waals surface area contributed by atoms with Crippen molar-refractivity contribution in [1.82, 2.24) is 4.31 Å². The number of hydrogen-bond acceptors (Lipinski definition) is 3. The van der Waals surface area contributed by atoms with Gasteiger partial charge in [0.25, 0.3) is 0 Å². The third-order valence-electron chi connectivity index (χ3n) is 2.34. The van der Waals surface area contributed by atoms with E-state index in [1.54, 1.807) is 24.3 Å². The van der Waals surface area contributed by atoms with Crippen LogP contribution in [0, 0.1) is 0 Å². The lowest BCUT2D eigenvalue weighted by Gasteiger charge is -2.14. The predicted octanol–water partition coefficient (Wildman–Crippen LogP) is 1.18. The Morgan fingerprint density at radius 1 is 1.44 bits per heavy atom. The molecule has 0 bridgehead atoms. The minimum absolute atomic E-state index is 0.258. The summed E-state index contributed by atoms with van der Waals surface area (Å²) in [6.07, 6.45) is 3.65. The fourth-order valence-electron chi connectivity index (χ4n) is 1.34. The molecule has 0 heterocycles. The maximum absolute atomic E-state index is 11.3. The number of carbonyl (C=O) groups is 1. The van der Waals surface area contributed by atoms with Crippen LogP contribution in [-0.2, 0) is 21.4 Å². The molecular formula is C12H15NO4S. The van der Waals surface area contributed by atoms with Crippen molar-refractivity contribution in [3.63, 3.8) is 0 Å². The van der Waals surface area contributed by atoms with Crippen LogP contribution in [-0.4, -0.2) is 37.1 Å². The smallest absolute Gasteiger partial charge is 0.328 e. The summed E-state index contributed by atoms with van der Waals surface area (Å²) in [6.45, 7) is 0.258. The van der Waals surface area contributed by atoms with E-state index in [1.807, 2.05) is 0 Å². The molecule has 18 heavy (non-hydrogen) atoms. The van der Waals surface area contributed by atoms with Gasteiger partial charge in [0.2, 0.25) is 10.0 Å². The first-order valence-corrected chi connectivity index (χ1v) is 7.05. The first-order valence-electron chi connectivity index (χ1n) is 5.20. The normalized spacial score (nSPS) is 12.2. The zero-order valence-corrected chi connectivity index (χ0v) is 11.0. The third kappa shape index (κ3) is 4.68. The quantitative estimate of drug-likeness (QED) is 0.814. The average molecular weight is 269 g/mol. The molecule has 0 aliphatic carbocycles. The highest BCUT2D eigenvalue weighted by Crippen LogP contribution is 2.10. The summed E-state index contributed by atoms with van der Waals surface area (Å²) in [5, 5.41) is 8.52. The summed E-state index contributed by atoms with van der Waals surface area (Å²) >= 11 is 0. The number of sulfonamides is 1. The Bertz CT molecular complexity index is 563. The Hall–Kier alpha value is -1.66. The predicted molar refractivity (Wildman–Crippen MR) is 69.4 cm³/mol. The Kier molecular flexibility index (Phi) is 4.63. The average Bonchev–Trinajstić information content (AvgIpc) is 2.25. The SMILES string of the molecule is CN(Cc1cccc(/C=C/C(=O)O)c1)S(C)(=O)=O. The highest BCUT2D eigenvalue weighted by Gasteiger charge is 2.10. The zero-order valence-electron chi connectivity index (χ0n) is 10.2. The van der Waals surface area contributed by atoms with Gasteiger partial charge in [0.15, 0.2) is 0 Å². The largest absolute Gasteiger partial charge is 0.478 e. The molecule has 0 spiro atoms. The summed E-state index contributed by atoms with van der Waals surface area (Å²) in [7, 11) is -1.72. The third-order valence-corrected chi connectivity index (χ3v) is 3.60. The lowest BCUT2D eigenvalue weighted by Crippen LogP contribution is -2.24. The fourth-order valence-corrected chi connectivity index (χ4v) is 1.72. The molecule has 1 aromatic carbocycles. The minimum Gasteiger partial charge on any atom is -0.478 e. The van der Waals surface area contributed by atoms with Crippen LogP contribution in [0.25, 0.3) is 6.08 Å². The molecule has 0 aliphatic rings. The van der Waals surface area contributed by atoms with E-state index in [4.69, 9.17) is 5.11 Å². The van der Waals surface area contributed by atoms with Crippen molar-refractivity contribution in [3.05, 3.63) is 41.5 Å². The van der Waals surface area contributed by atoms with Gasteiger partial charge < -0.3 is 5.11 Å². The molecule has 0 atom stereocenters. The van der Waals surface area contributed by atoms with Crippen molar-refractivity contribution in [2.45, 2.75) is 6.54 Å². The maximum atomic E-state index is 11.3. The monoisotopic (exact) mass is 269 g/mol. The van der Waals surface area contributed by atoms with Crippen LogP contribution < -0.4 is 0 Å². The van der Waals surface area contributed by atoms with Crippen molar-refractivity contribution < 1.29 is 18.3 Å². The molecule has 0 radical (unpaired) electrons. The lowest BCUT2D eigenvalue weighted by atomic mass is 10.1. The van der Waals surface area contributed by atoms with E-state index in [9.17, 15) is 13.2 Å². The van der Waals surface area contributed by atoms with Gasteiger partial charge in [-0.05, 0) is 17.2 Å². The van der Waals surface area contributed by atoms with Crippen LogP contribution in [0.1, 0.15) is 11.1 Å². The summed E-state index contributed by atoms with van der Waals surface area (Å²) in [4.78, 5) is 10.4.